The standard InChI is InChI=1S/C13H15FN2O4.CH4/c1-8(17)12(13(19)16-20)15-11(18)7-4-9-2-5-10(14)6-3-9;/h2-8,12,17,20H,1H3,(H,15,18)(H,16,19);1H4/b7-4+;/t8-,12+;/m1./s1. The lowest BCUT2D eigenvalue weighted by molar-refractivity contribution is -0.136. The van der Waals surface area contributed by atoms with Crippen LogP contribution in [0, 0.1) is 5.82 Å². The van der Waals surface area contributed by atoms with Crippen LogP contribution in [0.3, 0.4) is 0 Å². The molecule has 1 rings (SSSR count). The summed E-state index contributed by atoms with van der Waals surface area (Å²) >= 11 is 0. The van der Waals surface area contributed by atoms with Gasteiger partial charge in [-0.2, -0.15) is 0 Å². The molecule has 2 atom stereocenters. The second-order valence-corrected chi connectivity index (χ2v) is 4.09. The molecular formula is C14H19FN2O4. The van der Waals surface area contributed by atoms with Crippen LogP contribution >= 0.6 is 0 Å². The first-order valence-corrected chi connectivity index (χ1v) is 5.80. The molecule has 0 spiro atoms. The third kappa shape index (κ3) is 6.15. The number of benzene rings is 1. The maximum atomic E-state index is 12.7. The van der Waals surface area contributed by atoms with Gasteiger partial charge in [-0.05, 0) is 30.7 Å². The van der Waals surface area contributed by atoms with E-state index < -0.39 is 24.0 Å². The molecule has 0 aliphatic heterocycles. The van der Waals surface area contributed by atoms with Gasteiger partial charge >= 0.3 is 0 Å². The van der Waals surface area contributed by atoms with E-state index in [0.717, 1.165) is 6.08 Å². The number of aliphatic hydroxyl groups excluding tert-OH is 1. The van der Waals surface area contributed by atoms with Crippen molar-refractivity contribution in [2.24, 2.45) is 0 Å². The van der Waals surface area contributed by atoms with Crippen LogP contribution in [0.4, 0.5) is 4.39 Å². The summed E-state index contributed by atoms with van der Waals surface area (Å²) in [5.41, 5.74) is 1.95. The molecule has 0 fully saturated rings. The maximum absolute atomic E-state index is 12.7. The molecule has 0 bridgehead atoms. The van der Waals surface area contributed by atoms with Gasteiger partial charge in [0.25, 0.3) is 5.91 Å². The Balaban J connectivity index is 0.00000400. The normalized spacial score (nSPS) is 13.1. The lowest BCUT2D eigenvalue weighted by atomic mass is 10.1. The van der Waals surface area contributed by atoms with Crippen molar-refractivity contribution >= 4 is 17.9 Å². The van der Waals surface area contributed by atoms with E-state index in [1.165, 1.54) is 42.7 Å². The minimum Gasteiger partial charge on any atom is -0.391 e. The van der Waals surface area contributed by atoms with E-state index >= 15 is 0 Å². The number of aliphatic hydroxyl groups is 1. The Morgan fingerprint density at radius 3 is 2.33 bits per heavy atom. The predicted molar refractivity (Wildman–Crippen MR) is 75.7 cm³/mol. The number of carbonyl (C=O) groups is 2. The molecule has 0 saturated carbocycles. The predicted octanol–water partition coefficient (Wildman–Crippen LogP) is 0.846. The third-order valence-electron chi connectivity index (χ3n) is 2.47. The lowest BCUT2D eigenvalue weighted by Crippen LogP contribution is -2.51. The largest absolute Gasteiger partial charge is 0.391 e. The van der Waals surface area contributed by atoms with Gasteiger partial charge in [0.2, 0.25) is 5.91 Å². The highest BCUT2D eigenvalue weighted by Crippen LogP contribution is 2.04. The summed E-state index contributed by atoms with van der Waals surface area (Å²) in [5.74, 6) is -1.95. The van der Waals surface area contributed by atoms with Gasteiger partial charge in [0.05, 0.1) is 6.10 Å². The fourth-order valence-electron chi connectivity index (χ4n) is 1.42. The summed E-state index contributed by atoms with van der Waals surface area (Å²) in [4.78, 5) is 22.8. The minimum absolute atomic E-state index is 0. The SMILES string of the molecule is C.C[C@@H](O)[C@H](NC(=O)/C=C/c1ccc(F)cc1)C(=O)NO. The fourth-order valence-corrected chi connectivity index (χ4v) is 1.42. The molecule has 6 nitrogen and oxygen atoms in total. The van der Waals surface area contributed by atoms with E-state index in [9.17, 15) is 19.1 Å². The van der Waals surface area contributed by atoms with E-state index in [0.29, 0.717) is 5.56 Å². The Hall–Kier alpha value is -2.25. The van der Waals surface area contributed by atoms with Crippen molar-refractivity contribution in [2.75, 3.05) is 0 Å². The van der Waals surface area contributed by atoms with Crippen molar-refractivity contribution in [2.45, 2.75) is 26.5 Å². The number of hydroxylamine groups is 1. The minimum atomic E-state index is -1.27. The van der Waals surface area contributed by atoms with Crippen molar-refractivity contribution in [3.05, 3.63) is 41.7 Å². The van der Waals surface area contributed by atoms with E-state index in [1.54, 1.807) is 0 Å². The number of hydrogen-bond acceptors (Lipinski definition) is 4. The molecule has 0 saturated heterocycles. The molecule has 0 aromatic heterocycles. The number of amides is 2. The average molecular weight is 298 g/mol. The lowest BCUT2D eigenvalue weighted by Gasteiger charge is -2.18. The summed E-state index contributed by atoms with van der Waals surface area (Å²) < 4.78 is 12.7. The molecule has 0 unspecified atom stereocenters. The number of hydrogen-bond donors (Lipinski definition) is 4. The summed E-state index contributed by atoms with van der Waals surface area (Å²) in [6, 6.07) is 4.17. The van der Waals surface area contributed by atoms with Crippen LogP contribution in [-0.2, 0) is 9.59 Å². The molecule has 0 aliphatic rings. The molecule has 7 heteroatoms. The molecule has 4 N–H and O–H groups in total. The van der Waals surface area contributed by atoms with Crippen molar-refractivity contribution in [1.29, 1.82) is 0 Å². The van der Waals surface area contributed by atoms with Crippen molar-refractivity contribution in [3.63, 3.8) is 0 Å². The van der Waals surface area contributed by atoms with Gasteiger partial charge in [0.1, 0.15) is 11.9 Å². The Kier molecular flexibility index (Phi) is 7.88. The second kappa shape index (κ2) is 8.83. The Morgan fingerprint density at radius 2 is 1.86 bits per heavy atom. The molecule has 0 radical (unpaired) electrons. The molecule has 1 aromatic rings. The second-order valence-electron chi connectivity index (χ2n) is 4.09. The first kappa shape index (κ1) is 18.8. The van der Waals surface area contributed by atoms with Gasteiger partial charge in [-0.3, -0.25) is 14.8 Å². The highest BCUT2D eigenvalue weighted by molar-refractivity contribution is 5.95. The van der Waals surface area contributed by atoms with Gasteiger partial charge in [-0.25, -0.2) is 9.87 Å². The number of carbonyl (C=O) groups excluding carboxylic acids is 2. The summed E-state index contributed by atoms with van der Waals surface area (Å²) in [6.07, 6.45) is 1.38. The Labute approximate surface area is 122 Å². The van der Waals surface area contributed by atoms with Crippen LogP contribution in [0.1, 0.15) is 19.9 Å². The average Bonchev–Trinajstić information content (AvgIpc) is 2.43. The topological polar surface area (TPSA) is 98.7 Å². The maximum Gasteiger partial charge on any atom is 0.268 e. The molecule has 21 heavy (non-hydrogen) atoms. The van der Waals surface area contributed by atoms with Crippen LogP contribution in [0.2, 0.25) is 0 Å². The van der Waals surface area contributed by atoms with Gasteiger partial charge in [0, 0.05) is 6.08 Å². The van der Waals surface area contributed by atoms with E-state index in [1.807, 2.05) is 0 Å². The number of halogens is 1. The van der Waals surface area contributed by atoms with Crippen molar-refractivity contribution in [3.8, 4) is 0 Å². The summed E-state index contributed by atoms with van der Waals surface area (Å²) in [5, 5.41) is 20.0. The first-order valence-electron chi connectivity index (χ1n) is 5.80. The first-order chi connectivity index (χ1) is 9.43. The third-order valence-corrected chi connectivity index (χ3v) is 2.47. The molecule has 2 amide bonds. The summed E-state index contributed by atoms with van der Waals surface area (Å²) in [7, 11) is 0. The van der Waals surface area contributed by atoms with E-state index in [2.05, 4.69) is 5.32 Å². The van der Waals surface area contributed by atoms with Crippen LogP contribution in [-0.4, -0.2) is 34.3 Å². The Bertz CT molecular complexity index is 500. The molecule has 0 aliphatic carbocycles. The van der Waals surface area contributed by atoms with Crippen molar-refractivity contribution < 1.29 is 24.3 Å². The highest BCUT2D eigenvalue weighted by Gasteiger charge is 2.24. The van der Waals surface area contributed by atoms with Crippen LogP contribution in [0.5, 0.6) is 0 Å². The zero-order chi connectivity index (χ0) is 15.1. The highest BCUT2D eigenvalue weighted by atomic mass is 19.1. The van der Waals surface area contributed by atoms with Gasteiger partial charge < -0.3 is 10.4 Å². The van der Waals surface area contributed by atoms with Gasteiger partial charge in [-0.15, -0.1) is 0 Å². The number of nitrogens with one attached hydrogen (secondary N) is 2. The van der Waals surface area contributed by atoms with Crippen molar-refractivity contribution in [1.82, 2.24) is 10.8 Å². The monoisotopic (exact) mass is 298 g/mol. The fraction of sp³-hybridized carbons (Fsp3) is 0.286. The van der Waals surface area contributed by atoms with Gasteiger partial charge in [0.15, 0.2) is 0 Å². The zero-order valence-corrected chi connectivity index (χ0v) is 10.7. The molecule has 0 heterocycles. The van der Waals surface area contributed by atoms with Crippen LogP contribution in [0.15, 0.2) is 30.3 Å². The van der Waals surface area contributed by atoms with Crippen LogP contribution < -0.4 is 10.8 Å². The summed E-state index contributed by atoms with van der Waals surface area (Å²) in [6.45, 7) is 1.30. The van der Waals surface area contributed by atoms with E-state index in [-0.39, 0.29) is 13.2 Å². The molecule has 116 valence electrons. The van der Waals surface area contributed by atoms with Crippen LogP contribution in [0.25, 0.3) is 6.08 Å². The smallest absolute Gasteiger partial charge is 0.268 e. The molecular weight excluding hydrogens is 279 g/mol. The zero-order valence-electron chi connectivity index (χ0n) is 10.7. The molecule has 1 aromatic carbocycles. The van der Waals surface area contributed by atoms with E-state index in [4.69, 9.17) is 5.21 Å². The Morgan fingerprint density at radius 1 is 1.29 bits per heavy atom. The quantitative estimate of drug-likeness (QED) is 0.368. The number of rotatable bonds is 5. The van der Waals surface area contributed by atoms with Gasteiger partial charge in [-0.1, -0.05) is 19.6 Å².